The molecule has 84 valence electrons. The van der Waals surface area contributed by atoms with Gasteiger partial charge >= 0.3 is 0 Å². The first-order chi connectivity index (χ1) is 7.27. The number of ether oxygens (including phenoxy) is 1. The van der Waals surface area contributed by atoms with Crippen LogP contribution < -0.4 is 5.32 Å². The lowest BCUT2D eigenvalue weighted by atomic mass is 10.4. The van der Waals surface area contributed by atoms with Crippen molar-refractivity contribution in [2.24, 2.45) is 0 Å². The predicted molar refractivity (Wildman–Crippen MR) is 51.3 cm³/mol. The number of nitrogens with one attached hydrogen (secondary N) is 1. The van der Waals surface area contributed by atoms with Gasteiger partial charge in [-0.05, 0) is 0 Å². The number of aromatic nitrogens is 3. The zero-order valence-corrected chi connectivity index (χ0v) is 8.51. The van der Waals surface area contributed by atoms with Crippen molar-refractivity contribution in [2.45, 2.75) is 6.54 Å². The van der Waals surface area contributed by atoms with Gasteiger partial charge in [0.15, 0.2) is 5.69 Å². The summed E-state index contributed by atoms with van der Waals surface area (Å²) in [7, 11) is 1.53. The van der Waals surface area contributed by atoms with Crippen LogP contribution in [0.4, 0.5) is 0 Å². The Hall–Kier alpha value is -1.47. The summed E-state index contributed by atoms with van der Waals surface area (Å²) < 4.78 is 6.56. The lowest BCUT2D eigenvalue weighted by Crippen LogP contribution is -2.18. The molecule has 15 heavy (non-hydrogen) atoms. The lowest BCUT2D eigenvalue weighted by Gasteiger charge is -2.00. The van der Waals surface area contributed by atoms with Crippen LogP contribution in [0.25, 0.3) is 0 Å². The van der Waals surface area contributed by atoms with Crippen LogP contribution in [-0.2, 0) is 11.3 Å². The standard InChI is InChI=1S/C8H14N4O3/c1-9-8(14)7-6-12(11-10-7)2-4-15-5-3-13/h6,13H,2-5H2,1H3,(H,9,14). The molecule has 7 heteroatoms. The Morgan fingerprint density at radius 1 is 1.67 bits per heavy atom. The smallest absolute Gasteiger partial charge is 0.273 e. The minimum Gasteiger partial charge on any atom is -0.394 e. The molecule has 0 aliphatic heterocycles. The summed E-state index contributed by atoms with van der Waals surface area (Å²) in [5.41, 5.74) is 0.277. The van der Waals surface area contributed by atoms with Crippen molar-refractivity contribution < 1.29 is 14.6 Å². The Morgan fingerprint density at radius 3 is 3.13 bits per heavy atom. The summed E-state index contributed by atoms with van der Waals surface area (Å²) in [6, 6.07) is 0. The first kappa shape index (κ1) is 11.6. The van der Waals surface area contributed by atoms with Crippen molar-refractivity contribution in [3.63, 3.8) is 0 Å². The number of carbonyl (C=O) groups is 1. The normalized spacial score (nSPS) is 10.3. The van der Waals surface area contributed by atoms with E-state index in [9.17, 15) is 4.79 Å². The number of hydrogen-bond donors (Lipinski definition) is 2. The third-order valence-electron chi connectivity index (χ3n) is 1.70. The fraction of sp³-hybridized carbons (Fsp3) is 0.625. The summed E-state index contributed by atoms with van der Waals surface area (Å²) in [6.07, 6.45) is 1.54. The molecule has 0 fully saturated rings. The molecule has 1 aromatic heterocycles. The third kappa shape index (κ3) is 3.64. The van der Waals surface area contributed by atoms with Crippen LogP contribution in [-0.4, -0.2) is 52.9 Å². The molecular formula is C8H14N4O3. The van der Waals surface area contributed by atoms with Crippen LogP contribution in [0, 0.1) is 0 Å². The molecule has 1 amide bonds. The first-order valence-electron chi connectivity index (χ1n) is 4.58. The van der Waals surface area contributed by atoms with Gasteiger partial charge in [-0.2, -0.15) is 0 Å². The molecule has 0 saturated heterocycles. The molecule has 1 aromatic rings. The maximum absolute atomic E-state index is 11.1. The van der Waals surface area contributed by atoms with Crippen LogP contribution in [0.1, 0.15) is 10.5 Å². The summed E-state index contributed by atoms with van der Waals surface area (Å²) in [6.45, 7) is 1.24. The quantitative estimate of drug-likeness (QED) is 0.571. The highest BCUT2D eigenvalue weighted by Crippen LogP contribution is 1.92. The highest BCUT2D eigenvalue weighted by atomic mass is 16.5. The molecular weight excluding hydrogens is 200 g/mol. The van der Waals surface area contributed by atoms with Crippen molar-refractivity contribution >= 4 is 5.91 Å². The third-order valence-corrected chi connectivity index (χ3v) is 1.70. The SMILES string of the molecule is CNC(=O)c1cn(CCOCCO)nn1. The van der Waals surface area contributed by atoms with Crippen LogP contribution in [0.2, 0.25) is 0 Å². The first-order valence-corrected chi connectivity index (χ1v) is 4.58. The van der Waals surface area contributed by atoms with Crippen LogP contribution in [0.5, 0.6) is 0 Å². The second-order valence-corrected chi connectivity index (χ2v) is 2.78. The van der Waals surface area contributed by atoms with Gasteiger partial charge in [0.25, 0.3) is 5.91 Å². The van der Waals surface area contributed by atoms with Gasteiger partial charge in [-0.1, -0.05) is 5.21 Å². The van der Waals surface area contributed by atoms with Crippen molar-refractivity contribution in [3.8, 4) is 0 Å². The lowest BCUT2D eigenvalue weighted by molar-refractivity contribution is 0.0851. The Kier molecular flexibility index (Phi) is 4.72. The van der Waals surface area contributed by atoms with E-state index >= 15 is 0 Å². The van der Waals surface area contributed by atoms with Gasteiger partial charge in [0.05, 0.1) is 32.6 Å². The van der Waals surface area contributed by atoms with E-state index in [-0.39, 0.29) is 18.2 Å². The Labute approximate surface area is 87.0 Å². The van der Waals surface area contributed by atoms with E-state index in [0.29, 0.717) is 19.8 Å². The summed E-state index contributed by atoms with van der Waals surface area (Å²) in [5, 5.41) is 18.3. The molecule has 0 bridgehead atoms. The highest BCUT2D eigenvalue weighted by molar-refractivity contribution is 5.91. The van der Waals surface area contributed by atoms with Crippen LogP contribution >= 0.6 is 0 Å². The minimum atomic E-state index is -0.266. The Balaban J connectivity index is 2.36. The van der Waals surface area contributed by atoms with E-state index in [2.05, 4.69) is 15.6 Å². The molecule has 0 aliphatic carbocycles. The number of nitrogens with zero attached hydrogens (tertiary/aromatic N) is 3. The fourth-order valence-corrected chi connectivity index (χ4v) is 0.964. The second-order valence-electron chi connectivity index (χ2n) is 2.78. The largest absolute Gasteiger partial charge is 0.394 e. The van der Waals surface area contributed by atoms with Crippen LogP contribution in [0.3, 0.4) is 0 Å². The second kappa shape index (κ2) is 6.10. The molecule has 1 rings (SSSR count). The number of carbonyl (C=O) groups excluding carboxylic acids is 1. The summed E-state index contributed by atoms with van der Waals surface area (Å²) >= 11 is 0. The molecule has 0 unspecified atom stereocenters. The average Bonchev–Trinajstić information content (AvgIpc) is 2.72. The number of hydrogen-bond acceptors (Lipinski definition) is 5. The van der Waals surface area contributed by atoms with Crippen molar-refractivity contribution in [3.05, 3.63) is 11.9 Å². The summed E-state index contributed by atoms with van der Waals surface area (Å²) in [5.74, 6) is -0.266. The van der Waals surface area contributed by atoms with Gasteiger partial charge in [-0.15, -0.1) is 5.10 Å². The van der Waals surface area contributed by atoms with E-state index < -0.39 is 0 Å². The van der Waals surface area contributed by atoms with E-state index in [1.165, 1.54) is 11.7 Å². The van der Waals surface area contributed by atoms with Crippen molar-refractivity contribution in [1.82, 2.24) is 20.3 Å². The number of rotatable bonds is 6. The van der Waals surface area contributed by atoms with Gasteiger partial charge < -0.3 is 15.2 Å². The van der Waals surface area contributed by atoms with Gasteiger partial charge in [-0.3, -0.25) is 4.79 Å². The molecule has 7 nitrogen and oxygen atoms in total. The van der Waals surface area contributed by atoms with Gasteiger partial charge in [-0.25, -0.2) is 4.68 Å². The Morgan fingerprint density at radius 2 is 2.47 bits per heavy atom. The molecule has 0 atom stereocenters. The van der Waals surface area contributed by atoms with E-state index in [0.717, 1.165) is 0 Å². The number of aliphatic hydroxyl groups is 1. The molecule has 0 saturated carbocycles. The highest BCUT2D eigenvalue weighted by Gasteiger charge is 2.07. The molecule has 0 aromatic carbocycles. The van der Waals surface area contributed by atoms with Gasteiger partial charge in [0, 0.05) is 7.05 Å². The Bertz CT molecular complexity index is 313. The molecule has 0 spiro atoms. The van der Waals surface area contributed by atoms with E-state index in [4.69, 9.17) is 9.84 Å². The fourth-order valence-electron chi connectivity index (χ4n) is 0.964. The van der Waals surface area contributed by atoms with E-state index in [1.807, 2.05) is 0 Å². The van der Waals surface area contributed by atoms with Gasteiger partial charge in [0.2, 0.25) is 0 Å². The van der Waals surface area contributed by atoms with E-state index in [1.54, 1.807) is 6.20 Å². The number of amides is 1. The maximum Gasteiger partial charge on any atom is 0.273 e. The molecule has 0 aliphatic rings. The maximum atomic E-state index is 11.1. The van der Waals surface area contributed by atoms with Crippen molar-refractivity contribution in [1.29, 1.82) is 0 Å². The van der Waals surface area contributed by atoms with Gasteiger partial charge in [0.1, 0.15) is 0 Å². The summed E-state index contributed by atoms with van der Waals surface area (Å²) in [4.78, 5) is 11.1. The molecule has 1 heterocycles. The van der Waals surface area contributed by atoms with Crippen molar-refractivity contribution in [2.75, 3.05) is 26.9 Å². The average molecular weight is 214 g/mol. The van der Waals surface area contributed by atoms with Crippen LogP contribution in [0.15, 0.2) is 6.20 Å². The zero-order valence-electron chi connectivity index (χ0n) is 8.51. The predicted octanol–water partition coefficient (Wildman–Crippen LogP) is -1.35. The zero-order chi connectivity index (χ0) is 11.1. The monoisotopic (exact) mass is 214 g/mol. The topological polar surface area (TPSA) is 89.3 Å². The molecule has 2 N–H and O–H groups in total. The minimum absolute atomic E-state index is 0.000841. The molecule has 0 radical (unpaired) electrons. The number of aliphatic hydroxyl groups excluding tert-OH is 1.